The Morgan fingerprint density at radius 3 is 2.52 bits per heavy atom. The molecule has 1 aliphatic rings. The molecule has 0 bridgehead atoms. The van der Waals surface area contributed by atoms with Gasteiger partial charge in [-0.2, -0.15) is 13.2 Å². The van der Waals surface area contributed by atoms with Gasteiger partial charge in [0.1, 0.15) is 23.4 Å². The van der Waals surface area contributed by atoms with Gasteiger partial charge in [0.2, 0.25) is 10.0 Å². The van der Waals surface area contributed by atoms with E-state index < -0.39 is 27.9 Å². The van der Waals surface area contributed by atoms with Gasteiger partial charge in [0, 0.05) is 18.3 Å². The standard InChI is InChI=1S/C20H18F3N3O4S/c1-24-31(28,29)14-6-7-18(30-13-4-2-12(3-5-13)20(21,22)23)15(10-14)16-11-26-9-8-17(27)19(26)25-16/h2-7,10-11,17,24,27H,8-9H2,1H3. The van der Waals surface area contributed by atoms with Crippen LogP contribution in [0, 0.1) is 0 Å². The summed E-state index contributed by atoms with van der Waals surface area (Å²) in [5, 5.41) is 10.0. The van der Waals surface area contributed by atoms with E-state index in [-0.39, 0.29) is 16.4 Å². The minimum absolute atomic E-state index is 0.0292. The minimum Gasteiger partial charge on any atom is -0.457 e. The number of hydrogen-bond donors (Lipinski definition) is 2. The molecule has 2 aromatic carbocycles. The second-order valence-corrected chi connectivity index (χ2v) is 8.86. The van der Waals surface area contributed by atoms with Gasteiger partial charge in [0.15, 0.2) is 0 Å². The van der Waals surface area contributed by atoms with Crippen LogP contribution in [0.1, 0.15) is 23.9 Å². The summed E-state index contributed by atoms with van der Waals surface area (Å²) >= 11 is 0. The number of fused-ring (bicyclic) bond motifs is 1. The Balaban J connectivity index is 1.76. The number of aliphatic hydroxyl groups is 1. The van der Waals surface area contributed by atoms with E-state index in [4.69, 9.17) is 4.74 Å². The molecule has 1 unspecified atom stereocenters. The number of halogens is 3. The minimum atomic E-state index is -4.47. The molecule has 0 saturated heterocycles. The highest BCUT2D eigenvalue weighted by Crippen LogP contribution is 2.38. The van der Waals surface area contributed by atoms with E-state index in [0.717, 1.165) is 12.1 Å². The number of nitrogens with zero attached hydrogens (tertiary/aromatic N) is 2. The highest BCUT2D eigenvalue weighted by atomic mass is 32.2. The van der Waals surface area contributed by atoms with Crippen LogP contribution in [0.5, 0.6) is 11.5 Å². The molecular formula is C20H18F3N3O4S. The number of aromatic nitrogens is 2. The number of benzene rings is 2. The van der Waals surface area contributed by atoms with Crippen LogP contribution in [0.4, 0.5) is 13.2 Å². The maximum atomic E-state index is 12.8. The summed E-state index contributed by atoms with van der Waals surface area (Å²) in [6.07, 6.45) is -2.98. The van der Waals surface area contributed by atoms with Gasteiger partial charge in [-0.1, -0.05) is 0 Å². The number of aryl methyl sites for hydroxylation is 1. The molecule has 0 aliphatic carbocycles. The smallest absolute Gasteiger partial charge is 0.416 e. The molecule has 0 spiro atoms. The number of nitrogens with one attached hydrogen (secondary N) is 1. The molecule has 31 heavy (non-hydrogen) atoms. The Morgan fingerprint density at radius 2 is 1.90 bits per heavy atom. The number of ether oxygens (including phenoxy) is 1. The molecule has 0 fully saturated rings. The van der Waals surface area contributed by atoms with E-state index in [1.807, 2.05) is 0 Å². The fraction of sp³-hybridized carbons (Fsp3) is 0.250. The summed E-state index contributed by atoms with van der Waals surface area (Å²) in [5.74, 6) is 0.809. The first-order chi connectivity index (χ1) is 14.6. The Kier molecular flexibility index (Phi) is 5.28. The lowest BCUT2D eigenvalue weighted by Crippen LogP contribution is -2.18. The molecule has 164 valence electrons. The first-order valence-corrected chi connectivity index (χ1v) is 10.7. The highest BCUT2D eigenvalue weighted by Gasteiger charge is 2.30. The summed E-state index contributed by atoms with van der Waals surface area (Å²) in [6, 6.07) is 8.28. The molecule has 4 rings (SSSR count). The monoisotopic (exact) mass is 453 g/mol. The van der Waals surface area contributed by atoms with Crippen molar-refractivity contribution in [2.24, 2.45) is 0 Å². The van der Waals surface area contributed by atoms with E-state index >= 15 is 0 Å². The molecular weight excluding hydrogens is 435 g/mol. The van der Waals surface area contributed by atoms with Crippen molar-refractivity contribution in [3.8, 4) is 22.8 Å². The summed E-state index contributed by atoms with van der Waals surface area (Å²) < 4.78 is 72.7. The van der Waals surface area contributed by atoms with Crippen molar-refractivity contribution in [1.29, 1.82) is 0 Å². The average Bonchev–Trinajstić information content (AvgIpc) is 3.30. The molecule has 1 aromatic heterocycles. The van der Waals surface area contributed by atoms with Crippen molar-refractivity contribution >= 4 is 10.0 Å². The normalized spacial score (nSPS) is 16.4. The van der Waals surface area contributed by atoms with Gasteiger partial charge in [-0.3, -0.25) is 0 Å². The zero-order valence-electron chi connectivity index (χ0n) is 16.2. The molecule has 1 atom stereocenters. The predicted molar refractivity (Wildman–Crippen MR) is 105 cm³/mol. The predicted octanol–water partition coefficient (Wildman–Crippen LogP) is 3.71. The SMILES string of the molecule is CNS(=O)(=O)c1ccc(Oc2ccc(C(F)(F)F)cc2)c(-c2cn3c(n2)C(O)CC3)c1. The first-order valence-electron chi connectivity index (χ1n) is 9.27. The van der Waals surface area contributed by atoms with E-state index in [9.17, 15) is 26.7 Å². The van der Waals surface area contributed by atoms with Gasteiger partial charge < -0.3 is 14.4 Å². The van der Waals surface area contributed by atoms with Gasteiger partial charge >= 0.3 is 6.18 Å². The summed E-state index contributed by atoms with van der Waals surface area (Å²) in [6.45, 7) is 0.563. The van der Waals surface area contributed by atoms with E-state index in [1.54, 1.807) is 10.8 Å². The number of imidazole rings is 1. The molecule has 2 N–H and O–H groups in total. The third kappa shape index (κ3) is 4.16. The average molecular weight is 453 g/mol. The van der Waals surface area contributed by atoms with Crippen LogP contribution in [0.2, 0.25) is 0 Å². The Bertz CT molecular complexity index is 1220. The van der Waals surface area contributed by atoms with Gasteiger partial charge in [-0.25, -0.2) is 18.1 Å². The molecule has 0 radical (unpaired) electrons. The summed E-state index contributed by atoms with van der Waals surface area (Å²) in [7, 11) is -2.48. The maximum absolute atomic E-state index is 12.8. The second kappa shape index (κ2) is 7.66. The molecule has 2 heterocycles. The lowest BCUT2D eigenvalue weighted by atomic mass is 10.1. The number of rotatable bonds is 5. The fourth-order valence-corrected chi connectivity index (χ4v) is 4.07. The zero-order chi connectivity index (χ0) is 22.4. The second-order valence-electron chi connectivity index (χ2n) is 6.97. The number of hydrogen-bond acceptors (Lipinski definition) is 5. The summed E-state index contributed by atoms with van der Waals surface area (Å²) in [4.78, 5) is 4.38. The van der Waals surface area contributed by atoms with Crippen molar-refractivity contribution in [1.82, 2.24) is 14.3 Å². The van der Waals surface area contributed by atoms with E-state index in [1.165, 1.54) is 37.4 Å². The van der Waals surface area contributed by atoms with Crippen LogP contribution in [-0.4, -0.2) is 30.1 Å². The molecule has 0 amide bonds. The zero-order valence-corrected chi connectivity index (χ0v) is 17.0. The van der Waals surface area contributed by atoms with Crippen LogP contribution in [0.3, 0.4) is 0 Å². The van der Waals surface area contributed by atoms with Crippen LogP contribution < -0.4 is 9.46 Å². The largest absolute Gasteiger partial charge is 0.457 e. The van der Waals surface area contributed by atoms with Crippen LogP contribution in [0.15, 0.2) is 53.6 Å². The lowest BCUT2D eigenvalue weighted by molar-refractivity contribution is -0.137. The van der Waals surface area contributed by atoms with Gasteiger partial charge in [-0.15, -0.1) is 0 Å². The topological polar surface area (TPSA) is 93.5 Å². The van der Waals surface area contributed by atoms with Gasteiger partial charge in [-0.05, 0) is 55.9 Å². The van der Waals surface area contributed by atoms with Gasteiger partial charge in [0.05, 0.1) is 16.2 Å². The molecule has 0 saturated carbocycles. The fourth-order valence-electron chi connectivity index (χ4n) is 3.32. The number of sulfonamides is 1. The van der Waals surface area contributed by atoms with Crippen molar-refractivity contribution in [3.05, 3.63) is 60.0 Å². The van der Waals surface area contributed by atoms with Crippen molar-refractivity contribution < 1.29 is 31.4 Å². The van der Waals surface area contributed by atoms with Crippen molar-refractivity contribution in [2.75, 3.05) is 7.05 Å². The Labute approximate surface area is 176 Å². The number of alkyl halides is 3. The quantitative estimate of drug-likeness (QED) is 0.615. The van der Waals surface area contributed by atoms with Crippen LogP contribution in [-0.2, 0) is 22.7 Å². The van der Waals surface area contributed by atoms with Crippen molar-refractivity contribution in [3.63, 3.8) is 0 Å². The highest BCUT2D eigenvalue weighted by molar-refractivity contribution is 7.89. The molecule has 1 aliphatic heterocycles. The first kappa shape index (κ1) is 21.3. The van der Waals surface area contributed by atoms with Crippen molar-refractivity contribution in [2.45, 2.75) is 30.1 Å². The molecule has 11 heteroatoms. The molecule has 3 aromatic rings. The van der Waals surface area contributed by atoms with Crippen LogP contribution >= 0.6 is 0 Å². The van der Waals surface area contributed by atoms with Crippen LogP contribution in [0.25, 0.3) is 11.3 Å². The summed E-state index contributed by atoms with van der Waals surface area (Å²) in [5.41, 5.74) is -0.107. The van der Waals surface area contributed by atoms with E-state index in [2.05, 4.69) is 9.71 Å². The Hall–Kier alpha value is -2.89. The third-order valence-electron chi connectivity index (χ3n) is 4.96. The third-order valence-corrected chi connectivity index (χ3v) is 6.38. The number of aliphatic hydroxyl groups excluding tert-OH is 1. The Morgan fingerprint density at radius 1 is 1.19 bits per heavy atom. The van der Waals surface area contributed by atoms with Gasteiger partial charge in [0.25, 0.3) is 0 Å². The maximum Gasteiger partial charge on any atom is 0.416 e. The van der Waals surface area contributed by atoms with E-state index in [0.29, 0.717) is 30.0 Å². The molecule has 7 nitrogen and oxygen atoms in total. The lowest BCUT2D eigenvalue weighted by Gasteiger charge is -2.13.